The summed E-state index contributed by atoms with van der Waals surface area (Å²) in [4.78, 5) is 22.9. The quantitative estimate of drug-likeness (QED) is 0.852. The van der Waals surface area contributed by atoms with Gasteiger partial charge in [0.25, 0.3) is 0 Å². The number of thiophene rings is 1. The summed E-state index contributed by atoms with van der Waals surface area (Å²) in [6.07, 6.45) is 4.22. The van der Waals surface area contributed by atoms with Crippen molar-refractivity contribution in [2.75, 3.05) is 18.0 Å². The van der Waals surface area contributed by atoms with Gasteiger partial charge in [-0.2, -0.15) is 0 Å². The van der Waals surface area contributed by atoms with Gasteiger partial charge in [-0.3, -0.25) is 4.79 Å². The Morgan fingerprint density at radius 2 is 2.11 bits per heavy atom. The first-order valence-corrected chi connectivity index (χ1v) is 7.23. The highest BCUT2D eigenvalue weighted by molar-refractivity contribution is 9.10. The second kappa shape index (κ2) is 4.78. The Bertz CT molecular complexity index is 581. The fourth-order valence-electron chi connectivity index (χ4n) is 1.88. The number of rotatable bonds is 2. The Hall–Kier alpha value is -1.27. The van der Waals surface area contributed by atoms with Crippen molar-refractivity contribution in [3.8, 4) is 10.4 Å². The Balaban J connectivity index is 1.83. The van der Waals surface area contributed by atoms with Gasteiger partial charge in [0.05, 0.1) is 6.54 Å². The van der Waals surface area contributed by atoms with Crippen LogP contribution in [0.25, 0.3) is 10.4 Å². The lowest BCUT2D eigenvalue weighted by Gasteiger charge is -2.13. The van der Waals surface area contributed by atoms with E-state index in [2.05, 4.69) is 25.9 Å². The molecule has 0 amide bonds. The number of carbonyl (C=O) groups is 1. The van der Waals surface area contributed by atoms with Crippen molar-refractivity contribution < 1.29 is 4.79 Å². The molecule has 0 bridgehead atoms. The highest BCUT2D eigenvalue weighted by atomic mass is 79.9. The monoisotopic (exact) mass is 323 g/mol. The molecule has 1 aliphatic heterocycles. The number of ketones is 1. The molecule has 0 saturated carbocycles. The summed E-state index contributed by atoms with van der Waals surface area (Å²) in [7, 11) is 0. The van der Waals surface area contributed by atoms with Gasteiger partial charge in [0.1, 0.15) is 0 Å². The molecule has 4 nitrogen and oxygen atoms in total. The first kappa shape index (κ1) is 11.8. The predicted octanol–water partition coefficient (Wildman–Crippen LogP) is 2.75. The zero-order chi connectivity index (χ0) is 12.5. The van der Waals surface area contributed by atoms with E-state index >= 15 is 0 Å². The normalized spacial score (nSPS) is 15.4. The number of aromatic nitrogens is 2. The van der Waals surface area contributed by atoms with E-state index in [1.54, 1.807) is 11.3 Å². The minimum Gasteiger partial charge on any atom is -0.333 e. The van der Waals surface area contributed by atoms with Crippen molar-refractivity contribution in [1.29, 1.82) is 0 Å². The molecule has 1 saturated heterocycles. The van der Waals surface area contributed by atoms with E-state index in [4.69, 9.17) is 0 Å². The number of carbonyl (C=O) groups excluding carboxylic acids is 1. The first-order valence-electron chi connectivity index (χ1n) is 5.55. The molecule has 3 heterocycles. The molecule has 0 unspecified atom stereocenters. The van der Waals surface area contributed by atoms with Gasteiger partial charge in [-0.15, -0.1) is 11.3 Å². The van der Waals surface area contributed by atoms with E-state index in [1.165, 1.54) is 0 Å². The standard InChI is InChI=1S/C12H10BrN3OS/c13-9-3-11(18-7-9)8-4-14-12(15-5-8)16-2-1-10(17)6-16/h3-5,7H,1-2,6H2. The number of anilines is 1. The molecule has 6 heteroatoms. The van der Waals surface area contributed by atoms with Crippen LogP contribution in [0.15, 0.2) is 28.3 Å². The van der Waals surface area contributed by atoms with Crippen LogP contribution in [0.4, 0.5) is 5.95 Å². The van der Waals surface area contributed by atoms with Gasteiger partial charge in [-0.25, -0.2) is 9.97 Å². The van der Waals surface area contributed by atoms with Crippen molar-refractivity contribution in [2.45, 2.75) is 6.42 Å². The lowest BCUT2D eigenvalue weighted by atomic mass is 10.3. The van der Waals surface area contributed by atoms with E-state index in [0.717, 1.165) is 21.5 Å². The molecule has 1 fully saturated rings. The summed E-state index contributed by atoms with van der Waals surface area (Å²) in [5.74, 6) is 0.894. The Morgan fingerprint density at radius 3 is 2.67 bits per heavy atom. The molecule has 92 valence electrons. The summed E-state index contributed by atoms with van der Waals surface area (Å²) in [5, 5.41) is 2.03. The van der Waals surface area contributed by atoms with Crippen molar-refractivity contribution >= 4 is 39.0 Å². The van der Waals surface area contributed by atoms with Gasteiger partial charge in [0.2, 0.25) is 5.95 Å². The van der Waals surface area contributed by atoms with Gasteiger partial charge in [0.15, 0.2) is 5.78 Å². The largest absolute Gasteiger partial charge is 0.333 e. The lowest BCUT2D eigenvalue weighted by molar-refractivity contribution is -0.116. The SMILES string of the molecule is O=C1CCN(c2ncc(-c3cc(Br)cs3)cn2)C1. The van der Waals surface area contributed by atoms with E-state index in [0.29, 0.717) is 18.9 Å². The van der Waals surface area contributed by atoms with Gasteiger partial charge >= 0.3 is 0 Å². The summed E-state index contributed by atoms with van der Waals surface area (Å²) in [5.41, 5.74) is 1.000. The summed E-state index contributed by atoms with van der Waals surface area (Å²) in [6.45, 7) is 1.16. The number of halogens is 1. The number of hydrogen-bond acceptors (Lipinski definition) is 5. The van der Waals surface area contributed by atoms with Crippen LogP contribution in [0.5, 0.6) is 0 Å². The van der Waals surface area contributed by atoms with Crippen molar-refractivity contribution in [1.82, 2.24) is 9.97 Å². The van der Waals surface area contributed by atoms with Crippen LogP contribution in [0.1, 0.15) is 6.42 Å². The minimum atomic E-state index is 0.255. The molecule has 0 atom stereocenters. The smallest absolute Gasteiger partial charge is 0.225 e. The maximum Gasteiger partial charge on any atom is 0.225 e. The average Bonchev–Trinajstić information content (AvgIpc) is 2.98. The molecule has 18 heavy (non-hydrogen) atoms. The molecule has 3 rings (SSSR count). The van der Waals surface area contributed by atoms with Gasteiger partial charge < -0.3 is 4.90 Å². The molecular formula is C12H10BrN3OS. The van der Waals surface area contributed by atoms with Crippen molar-refractivity contribution in [2.24, 2.45) is 0 Å². The average molecular weight is 324 g/mol. The zero-order valence-corrected chi connectivity index (χ0v) is 11.9. The van der Waals surface area contributed by atoms with Crippen molar-refractivity contribution in [3.05, 3.63) is 28.3 Å². The second-order valence-electron chi connectivity index (χ2n) is 4.11. The van der Waals surface area contributed by atoms with Crippen LogP contribution in [0, 0.1) is 0 Å². The number of nitrogens with zero attached hydrogens (tertiary/aromatic N) is 3. The Kier molecular flexibility index (Phi) is 3.13. The van der Waals surface area contributed by atoms with Crippen LogP contribution in [-0.4, -0.2) is 28.8 Å². The molecular weight excluding hydrogens is 314 g/mol. The highest BCUT2D eigenvalue weighted by Crippen LogP contribution is 2.29. The van der Waals surface area contributed by atoms with Crippen LogP contribution >= 0.6 is 27.3 Å². The fraction of sp³-hybridized carbons (Fsp3) is 0.250. The summed E-state index contributed by atoms with van der Waals surface area (Å²) < 4.78 is 1.07. The molecule has 0 N–H and O–H groups in total. The Morgan fingerprint density at radius 1 is 1.33 bits per heavy atom. The maximum absolute atomic E-state index is 11.2. The minimum absolute atomic E-state index is 0.255. The topological polar surface area (TPSA) is 46.1 Å². The van der Waals surface area contributed by atoms with Crippen LogP contribution in [-0.2, 0) is 4.79 Å². The van der Waals surface area contributed by atoms with Gasteiger partial charge in [-0.05, 0) is 22.0 Å². The highest BCUT2D eigenvalue weighted by Gasteiger charge is 2.21. The molecule has 0 spiro atoms. The summed E-state index contributed by atoms with van der Waals surface area (Å²) in [6, 6.07) is 2.04. The second-order valence-corrected chi connectivity index (χ2v) is 5.94. The molecule has 0 aromatic carbocycles. The Labute approximate surface area is 117 Å². The van der Waals surface area contributed by atoms with E-state index in [1.807, 2.05) is 28.7 Å². The maximum atomic E-state index is 11.2. The molecule has 0 radical (unpaired) electrons. The molecule has 2 aromatic heterocycles. The zero-order valence-electron chi connectivity index (χ0n) is 9.47. The van der Waals surface area contributed by atoms with Crippen molar-refractivity contribution in [3.63, 3.8) is 0 Å². The third-order valence-electron chi connectivity index (χ3n) is 2.80. The van der Waals surface area contributed by atoms with Crippen LogP contribution in [0.3, 0.4) is 0 Å². The molecule has 1 aliphatic rings. The van der Waals surface area contributed by atoms with Gasteiger partial charge in [-0.1, -0.05) is 0 Å². The molecule has 0 aliphatic carbocycles. The summed E-state index contributed by atoms with van der Waals surface area (Å²) >= 11 is 5.07. The van der Waals surface area contributed by atoms with Crippen LogP contribution in [0.2, 0.25) is 0 Å². The lowest BCUT2D eigenvalue weighted by Crippen LogP contribution is -2.21. The van der Waals surface area contributed by atoms with Gasteiger partial charge in [0, 0.05) is 45.7 Å². The van der Waals surface area contributed by atoms with Crippen LogP contribution < -0.4 is 4.90 Å². The predicted molar refractivity (Wildman–Crippen MR) is 74.9 cm³/mol. The number of Topliss-reactive ketones (excluding diaryl/α,β-unsaturated/α-hetero) is 1. The first-order chi connectivity index (χ1) is 8.72. The number of hydrogen-bond donors (Lipinski definition) is 0. The molecule has 2 aromatic rings. The fourth-order valence-corrected chi connectivity index (χ4v) is 3.28. The third kappa shape index (κ3) is 2.30. The van der Waals surface area contributed by atoms with E-state index < -0.39 is 0 Å². The van der Waals surface area contributed by atoms with E-state index in [-0.39, 0.29) is 5.78 Å². The third-order valence-corrected chi connectivity index (χ3v) is 4.54. The van der Waals surface area contributed by atoms with E-state index in [9.17, 15) is 4.79 Å².